The predicted molar refractivity (Wildman–Crippen MR) is 94.3 cm³/mol. The van der Waals surface area contributed by atoms with E-state index >= 15 is 0 Å². The summed E-state index contributed by atoms with van der Waals surface area (Å²) in [6.45, 7) is 1.46. The Kier molecular flexibility index (Phi) is 6.46. The van der Waals surface area contributed by atoms with Gasteiger partial charge in [0.2, 0.25) is 0 Å². The van der Waals surface area contributed by atoms with Gasteiger partial charge in [0.1, 0.15) is 12.6 Å². The molecule has 0 radical (unpaired) electrons. The van der Waals surface area contributed by atoms with E-state index < -0.39 is 18.0 Å². The Morgan fingerprint density at radius 1 is 1.04 bits per heavy atom. The molecule has 0 bridgehead atoms. The van der Waals surface area contributed by atoms with Crippen molar-refractivity contribution in [2.75, 3.05) is 5.32 Å². The van der Waals surface area contributed by atoms with Crippen LogP contribution in [0.4, 0.5) is 10.5 Å². The fourth-order valence-electron chi connectivity index (χ4n) is 1.88. The first-order valence-electron chi connectivity index (χ1n) is 7.19. The second-order valence-corrected chi connectivity index (χ2v) is 5.81. The number of nitrogens with one attached hydrogen (secondary N) is 2. The summed E-state index contributed by atoms with van der Waals surface area (Å²) in [4.78, 5) is 23.8. The van der Waals surface area contributed by atoms with E-state index in [9.17, 15) is 9.59 Å². The van der Waals surface area contributed by atoms with Gasteiger partial charge in [-0.15, -0.1) is 0 Å². The Labute approximate surface area is 149 Å². The lowest BCUT2D eigenvalue weighted by molar-refractivity contribution is -0.146. The van der Waals surface area contributed by atoms with Crippen LogP contribution < -0.4 is 10.6 Å². The Balaban J connectivity index is 1.85. The first-order valence-corrected chi connectivity index (χ1v) is 7.95. The molecule has 0 unspecified atom stereocenters. The van der Waals surface area contributed by atoms with Crippen molar-refractivity contribution in [1.29, 1.82) is 0 Å². The number of anilines is 1. The van der Waals surface area contributed by atoms with Gasteiger partial charge in [0.15, 0.2) is 0 Å². The third-order valence-electron chi connectivity index (χ3n) is 3.15. The van der Waals surface area contributed by atoms with Crippen LogP contribution in [0.1, 0.15) is 12.5 Å². The number of halogens is 2. The van der Waals surface area contributed by atoms with Gasteiger partial charge in [0, 0.05) is 21.3 Å². The molecule has 0 aliphatic heterocycles. The molecule has 2 N–H and O–H groups in total. The van der Waals surface area contributed by atoms with Crippen LogP contribution in [0.3, 0.4) is 0 Å². The minimum Gasteiger partial charge on any atom is -0.459 e. The summed E-state index contributed by atoms with van der Waals surface area (Å²) in [5.74, 6) is -0.589. The van der Waals surface area contributed by atoms with E-state index in [1.165, 1.54) is 6.92 Å². The van der Waals surface area contributed by atoms with Crippen molar-refractivity contribution in [2.24, 2.45) is 0 Å². The maximum atomic E-state index is 12.0. The maximum absolute atomic E-state index is 12.0. The number of carbonyl (C=O) groups is 2. The van der Waals surface area contributed by atoms with Crippen LogP contribution in [0.5, 0.6) is 0 Å². The number of amides is 2. The minimum atomic E-state index is -0.824. The summed E-state index contributed by atoms with van der Waals surface area (Å²) in [6, 6.07) is 12.6. The van der Waals surface area contributed by atoms with E-state index in [1.54, 1.807) is 42.5 Å². The molecule has 2 aromatic carbocycles. The summed E-state index contributed by atoms with van der Waals surface area (Å²) in [7, 11) is 0. The summed E-state index contributed by atoms with van der Waals surface area (Å²) >= 11 is 12.0. The quantitative estimate of drug-likeness (QED) is 0.777. The van der Waals surface area contributed by atoms with Crippen LogP contribution in [0.15, 0.2) is 48.5 Å². The molecule has 0 aromatic heterocycles. The zero-order chi connectivity index (χ0) is 17.5. The van der Waals surface area contributed by atoms with Gasteiger partial charge in [-0.3, -0.25) is 0 Å². The Morgan fingerprint density at radius 3 is 2.29 bits per heavy atom. The number of ether oxygens (including phenoxy) is 1. The predicted octanol–water partition coefficient (Wildman–Crippen LogP) is 4.25. The molecule has 0 spiro atoms. The normalized spacial score (nSPS) is 11.5. The Bertz CT molecular complexity index is 703. The largest absolute Gasteiger partial charge is 0.459 e. The lowest BCUT2D eigenvalue weighted by atomic mass is 10.2. The van der Waals surface area contributed by atoms with Crippen LogP contribution in [0.25, 0.3) is 0 Å². The zero-order valence-electron chi connectivity index (χ0n) is 12.9. The van der Waals surface area contributed by atoms with Crippen molar-refractivity contribution in [1.82, 2.24) is 5.32 Å². The molecule has 0 saturated carbocycles. The summed E-state index contributed by atoms with van der Waals surface area (Å²) in [5, 5.41) is 5.95. The number of rotatable bonds is 5. The number of urea groups is 1. The van der Waals surface area contributed by atoms with Crippen LogP contribution in [-0.2, 0) is 16.1 Å². The molecule has 7 heteroatoms. The molecule has 5 nitrogen and oxygen atoms in total. The van der Waals surface area contributed by atoms with Gasteiger partial charge < -0.3 is 15.4 Å². The first kappa shape index (κ1) is 18.1. The second kappa shape index (κ2) is 8.57. The molecule has 1 atom stereocenters. The second-order valence-electron chi connectivity index (χ2n) is 4.99. The number of para-hydroxylation sites is 1. The van der Waals surface area contributed by atoms with E-state index in [0.29, 0.717) is 21.3 Å². The van der Waals surface area contributed by atoms with Crippen molar-refractivity contribution in [3.63, 3.8) is 0 Å². The first-order chi connectivity index (χ1) is 11.5. The molecule has 2 amide bonds. The monoisotopic (exact) mass is 366 g/mol. The molecule has 2 rings (SSSR count). The molecule has 0 heterocycles. The SMILES string of the molecule is C[C@H](NC(=O)Nc1ccccc1)C(=O)OCc1c(Cl)cccc1Cl. The highest BCUT2D eigenvalue weighted by Gasteiger charge is 2.18. The highest BCUT2D eigenvalue weighted by atomic mass is 35.5. The van der Waals surface area contributed by atoms with Crippen molar-refractivity contribution in [2.45, 2.75) is 19.6 Å². The minimum absolute atomic E-state index is 0.0658. The topological polar surface area (TPSA) is 67.4 Å². The Morgan fingerprint density at radius 2 is 1.67 bits per heavy atom. The smallest absolute Gasteiger partial charge is 0.328 e. The van der Waals surface area contributed by atoms with Crippen LogP contribution in [0.2, 0.25) is 10.0 Å². The summed E-state index contributed by atoms with van der Waals surface area (Å²) < 4.78 is 5.15. The molecule has 126 valence electrons. The summed E-state index contributed by atoms with van der Waals surface area (Å²) in [5.41, 5.74) is 1.15. The van der Waals surface area contributed by atoms with Gasteiger partial charge in [-0.1, -0.05) is 47.5 Å². The van der Waals surface area contributed by atoms with Crippen molar-refractivity contribution < 1.29 is 14.3 Å². The molecular formula is C17H16Cl2N2O3. The van der Waals surface area contributed by atoms with Gasteiger partial charge in [-0.25, -0.2) is 9.59 Å². The van der Waals surface area contributed by atoms with Crippen molar-refractivity contribution in [3.8, 4) is 0 Å². The van der Waals surface area contributed by atoms with E-state index in [4.69, 9.17) is 27.9 Å². The fraction of sp³-hybridized carbons (Fsp3) is 0.176. The molecular weight excluding hydrogens is 351 g/mol. The summed E-state index contributed by atoms with van der Waals surface area (Å²) in [6.07, 6.45) is 0. The number of hydrogen-bond acceptors (Lipinski definition) is 3. The van der Waals surface area contributed by atoms with Crippen molar-refractivity contribution >= 4 is 40.9 Å². The number of hydrogen-bond donors (Lipinski definition) is 2. The maximum Gasteiger partial charge on any atom is 0.328 e. The molecule has 2 aromatic rings. The van der Waals surface area contributed by atoms with Gasteiger partial charge in [0.25, 0.3) is 0 Å². The molecule has 0 saturated heterocycles. The molecule has 24 heavy (non-hydrogen) atoms. The average Bonchev–Trinajstić information content (AvgIpc) is 2.55. The molecule has 0 aliphatic carbocycles. The highest BCUT2D eigenvalue weighted by Crippen LogP contribution is 2.24. The van der Waals surface area contributed by atoms with Gasteiger partial charge >= 0.3 is 12.0 Å². The lowest BCUT2D eigenvalue weighted by Crippen LogP contribution is -2.41. The van der Waals surface area contributed by atoms with Crippen LogP contribution >= 0.6 is 23.2 Å². The third kappa shape index (κ3) is 5.15. The lowest BCUT2D eigenvalue weighted by Gasteiger charge is -2.15. The number of benzene rings is 2. The molecule has 0 fully saturated rings. The Hall–Kier alpha value is -2.24. The van der Waals surface area contributed by atoms with E-state index in [-0.39, 0.29) is 6.61 Å². The van der Waals surface area contributed by atoms with Crippen molar-refractivity contribution in [3.05, 3.63) is 64.1 Å². The third-order valence-corrected chi connectivity index (χ3v) is 3.86. The van der Waals surface area contributed by atoms with Crippen LogP contribution in [0, 0.1) is 0 Å². The number of esters is 1. The van der Waals surface area contributed by atoms with Gasteiger partial charge in [-0.05, 0) is 31.2 Å². The van der Waals surface area contributed by atoms with Gasteiger partial charge in [-0.2, -0.15) is 0 Å². The van der Waals surface area contributed by atoms with Crippen LogP contribution in [-0.4, -0.2) is 18.0 Å². The van der Waals surface area contributed by atoms with E-state index in [0.717, 1.165) is 0 Å². The van der Waals surface area contributed by atoms with E-state index in [2.05, 4.69) is 10.6 Å². The highest BCUT2D eigenvalue weighted by molar-refractivity contribution is 6.35. The molecule has 0 aliphatic rings. The number of carbonyl (C=O) groups excluding carboxylic acids is 2. The van der Waals surface area contributed by atoms with E-state index in [1.807, 2.05) is 6.07 Å². The zero-order valence-corrected chi connectivity index (χ0v) is 14.4. The standard InChI is InChI=1S/C17H16Cl2N2O3/c1-11(20-17(23)21-12-6-3-2-4-7-12)16(22)24-10-13-14(18)8-5-9-15(13)19/h2-9,11H,10H2,1H3,(H2,20,21,23)/t11-/m0/s1. The fourth-order valence-corrected chi connectivity index (χ4v) is 2.39. The van der Waals surface area contributed by atoms with Gasteiger partial charge in [0.05, 0.1) is 0 Å². The average molecular weight is 367 g/mol.